The third kappa shape index (κ3) is 5.76. The number of aryl methyl sites for hydroxylation is 1. The summed E-state index contributed by atoms with van der Waals surface area (Å²) in [5.74, 6) is -1.89. The van der Waals surface area contributed by atoms with Gasteiger partial charge in [-0.1, -0.05) is 0 Å². The van der Waals surface area contributed by atoms with E-state index in [0.717, 1.165) is 6.20 Å². The summed E-state index contributed by atoms with van der Waals surface area (Å²) in [6.07, 6.45) is 4.25. The topological polar surface area (TPSA) is 142 Å². The summed E-state index contributed by atoms with van der Waals surface area (Å²) in [5.41, 5.74) is 0.240. The lowest BCUT2D eigenvalue weighted by Crippen LogP contribution is -2.41. The molecule has 2 N–H and O–H groups in total. The molecule has 0 aliphatic carbocycles. The number of alkyl carbamates (subject to hydrolysis) is 1. The zero-order chi connectivity index (χ0) is 26.9. The lowest BCUT2D eigenvalue weighted by Gasteiger charge is -2.30. The molecule has 13 heteroatoms. The molecule has 3 aromatic heterocycles. The molecule has 1 fully saturated rings. The van der Waals surface area contributed by atoms with Crippen LogP contribution in [0.1, 0.15) is 56.6 Å². The third-order valence-corrected chi connectivity index (χ3v) is 5.59. The number of nitrogens with one attached hydrogen (secondary N) is 1. The first-order chi connectivity index (χ1) is 17.4. The van der Waals surface area contributed by atoms with Crippen LogP contribution in [0.3, 0.4) is 0 Å². The van der Waals surface area contributed by atoms with E-state index in [2.05, 4.69) is 20.4 Å². The van der Waals surface area contributed by atoms with Gasteiger partial charge in [0.1, 0.15) is 17.0 Å². The molecule has 0 saturated carbocycles. The van der Waals surface area contributed by atoms with Crippen LogP contribution in [0.25, 0.3) is 5.65 Å². The quantitative estimate of drug-likeness (QED) is 0.487. The molecule has 1 saturated heterocycles. The summed E-state index contributed by atoms with van der Waals surface area (Å²) in [7, 11) is 0. The number of amides is 2. The molecule has 3 aromatic rings. The maximum Gasteiger partial charge on any atom is 0.407 e. The molecule has 196 valence electrons. The Morgan fingerprint density at radius 2 is 2.05 bits per heavy atom. The van der Waals surface area contributed by atoms with Crippen molar-refractivity contribution in [3.63, 3.8) is 0 Å². The maximum atomic E-state index is 14.3. The first kappa shape index (κ1) is 25.8. The molecule has 37 heavy (non-hydrogen) atoms. The average Bonchev–Trinajstić information content (AvgIpc) is 3.39. The van der Waals surface area contributed by atoms with E-state index >= 15 is 0 Å². The van der Waals surface area contributed by atoms with E-state index in [9.17, 15) is 23.9 Å². The molecule has 0 unspecified atom stereocenters. The number of ether oxygens (including phenoxy) is 1. The Balaban J connectivity index is 1.58. The number of carbonyl (C=O) groups excluding carboxylic acids is 2. The molecule has 1 atom stereocenters. The van der Waals surface area contributed by atoms with Gasteiger partial charge in [0.15, 0.2) is 11.5 Å². The number of anilines is 2. The molecule has 4 heterocycles. The van der Waals surface area contributed by atoms with Crippen molar-refractivity contribution in [3.8, 4) is 0 Å². The van der Waals surface area contributed by atoms with E-state index in [1.165, 1.54) is 34.1 Å². The number of carboxylic acids is 1. The Kier molecular flexibility index (Phi) is 6.96. The lowest BCUT2D eigenvalue weighted by atomic mass is 10.1. The van der Waals surface area contributed by atoms with E-state index in [4.69, 9.17) is 4.74 Å². The molecule has 0 aromatic carbocycles. The number of pyridine rings is 1. The minimum Gasteiger partial charge on any atom is -0.477 e. The van der Waals surface area contributed by atoms with E-state index in [1.807, 2.05) is 6.92 Å². The summed E-state index contributed by atoms with van der Waals surface area (Å²) in [4.78, 5) is 45.1. The molecule has 0 spiro atoms. The minimum atomic E-state index is -1.20. The molecule has 0 radical (unpaired) electrons. The fourth-order valence-corrected chi connectivity index (χ4v) is 3.96. The largest absolute Gasteiger partial charge is 0.477 e. The van der Waals surface area contributed by atoms with Crippen molar-refractivity contribution in [2.75, 3.05) is 16.6 Å². The molecule has 1 aliphatic heterocycles. The van der Waals surface area contributed by atoms with Crippen molar-refractivity contribution in [2.45, 2.75) is 58.6 Å². The highest BCUT2D eigenvalue weighted by atomic mass is 19.1. The highest BCUT2D eigenvalue weighted by molar-refractivity contribution is 5.99. The van der Waals surface area contributed by atoms with Crippen LogP contribution in [0.15, 0.2) is 30.7 Å². The second kappa shape index (κ2) is 9.99. The fourth-order valence-electron chi connectivity index (χ4n) is 3.96. The van der Waals surface area contributed by atoms with Gasteiger partial charge < -0.3 is 15.2 Å². The van der Waals surface area contributed by atoms with Crippen molar-refractivity contribution < 1.29 is 28.6 Å². The maximum absolute atomic E-state index is 14.3. The number of hydrogen-bond acceptors (Lipinski definition) is 8. The van der Waals surface area contributed by atoms with E-state index in [-0.39, 0.29) is 41.9 Å². The number of hydrazine groups is 1. The number of aromatic nitrogens is 4. The highest BCUT2D eigenvalue weighted by Gasteiger charge is 2.34. The second-order valence-electron chi connectivity index (χ2n) is 9.70. The number of halogens is 1. The molecule has 4 rings (SSSR count). The Morgan fingerprint density at radius 1 is 1.30 bits per heavy atom. The predicted octanol–water partition coefficient (Wildman–Crippen LogP) is 2.97. The van der Waals surface area contributed by atoms with Crippen LogP contribution in [-0.2, 0) is 16.0 Å². The number of nitrogens with zero attached hydrogens (tertiary/aromatic N) is 6. The van der Waals surface area contributed by atoms with Crippen molar-refractivity contribution >= 4 is 35.1 Å². The molecule has 1 aliphatic rings. The van der Waals surface area contributed by atoms with Gasteiger partial charge in [-0.15, -0.1) is 0 Å². The number of aromatic carboxylic acids is 1. The molecule has 12 nitrogen and oxygen atoms in total. The zero-order valence-corrected chi connectivity index (χ0v) is 20.9. The first-order valence-electron chi connectivity index (χ1n) is 11.7. The molecular weight excluding hydrogens is 485 g/mol. The van der Waals surface area contributed by atoms with E-state index in [0.29, 0.717) is 24.2 Å². The van der Waals surface area contributed by atoms with Crippen molar-refractivity contribution in [2.24, 2.45) is 0 Å². The Morgan fingerprint density at radius 3 is 2.76 bits per heavy atom. The molecular formula is C24H28FN7O5. The van der Waals surface area contributed by atoms with Crippen LogP contribution in [0.5, 0.6) is 0 Å². The zero-order valence-electron chi connectivity index (χ0n) is 20.9. The smallest absolute Gasteiger partial charge is 0.407 e. The van der Waals surface area contributed by atoms with Crippen molar-refractivity contribution in [1.29, 1.82) is 0 Å². The number of carboxylic acid groups (broad SMARTS) is 1. The molecule has 2 amide bonds. The van der Waals surface area contributed by atoms with E-state index < -0.39 is 23.5 Å². The van der Waals surface area contributed by atoms with Gasteiger partial charge in [0.2, 0.25) is 5.91 Å². The van der Waals surface area contributed by atoms with Crippen LogP contribution < -0.4 is 15.3 Å². The van der Waals surface area contributed by atoms with Gasteiger partial charge >= 0.3 is 12.1 Å². The number of carbonyl (C=O) groups is 3. The van der Waals surface area contributed by atoms with Crippen LogP contribution >= 0.6 is 0 Å². The lowest BCUT2D eigenvalue weighted by molar-refractivity contribution is -0.117. The Hall–Kier alpha value is -4.29. The van der Waals surface area contributed by atoms with Gasteiger partial charge in [-0.3, -0.25) is 14.8 Å². The van der Waals surface area contributed by atoms with Gasteiger partial charge in [0.05, 0.1) is 23.8 Å². The number of hydrogen-bond donors (Lipinski definition) is 2. The number of rotatable bonds is 7. The van der Waals surface area contributed by atoms with Crippen LogP contribution in [0, 0.1) is 5.82 Å². The van der Waals surface area contributed by atoms with Crippen LogP contribution in [0.2, 0.25) is 0 Å². The van der Waals surface area contributed by atoms with E-state index in [1.54, 1.807) is 25.8 Å². The van der Waals surface area contributed by atoms with Gasteiger partial charge in [-0.2, -0.15) is 5.10 Å². The van der Waals surface area contributed by atoms with Crippen molar-refractivity contribution in [1.82, 2.24) is 24.9 Å². The monoisotopic (exact) mass is 513 g/mol. The Labute approximate surface area is 212 Å². The summed E-state index contributed by atoms with van der Waals surface area (Å²) >= 11 is 0. The van der Waals surface area contributed by atoms with Crippen LogP contribution in [-0.4, -0.2) is 60.8 Å². The molecule has 0 bridgehead atoms. The summed E-state index contributed by atoms with van der Waals surface area (Å²) in [6.45, 7) is 7.40. The van der Waals surface area contributed by atoms with Gasteiger partial charge in [0, 0.05) is 37.3 Å². The number of fused-ring (bicyclic) bond motifs is 1. The van der Waals surface area contributed by atoms with Gasteiger partial charge in [0.25, 0.3) is 0 Å². The first-order valence-corrected chi connectivity index (χ1v) is 11.7. The normalized spacial score (nSPS) is 14.8. The SMILES string of the molecule is C[C@H](CCc1ncc(F)cc1N1CCC(=O)N1c1ccn2ncc(C(=O)O)c2n1)NC(=O)OC(C)(C)C. The van der Waals surface area contributed by atoms with Crippen LogP contribution in [0.4, 0.5) is 20.7 Å². The van der Waals surface area contributed by atoms with Gasteiger partial charge in [-0.05, 0) is 40.5 Å². The summed E-state index contributed by atoms with van der Waals surface area (Å²) in [5, 5.41) is 19.0. The highest BCUT2D eigenvalue weighted by Crippen LogP contribution is 2.30. The fraction of sp³-hybridized carbons (Fsp3) is 0.417. The third-order valence-electron chi connectivity index (χ3n) is 5.59. The summed E-state index contributed by atoms with van der Waals surface area (Å²) in [6, 6.07) is 2.56. The summed E-state index contributed by atoms with van der Waals surface area (Å²) < 4.78 is 20.9. The Bertz CT molecular complexity index is 1350. The second-order valence-corrected chi connectivity index (χ2v) is 9.70. The minimum absolute atomic E-state index is 0.0734. The van der Waals surface area contributed by atoms with Gasteiger partial charge in [-0.25, -0.2) is 28.5 Å². The van der Waals surface area contributed by atoms with Crippen molar-refractivity contribution in [3.05, 3.63) is 47.8 Å². The standard InChI is InChI=1S/C24H28FN7O5/c1-14(28-23(36)37-24(2,3)4)5-6-17-18(11-15(25)12-26-17)31-10-8-20(33)32(31)19-7-9-30-21(29-19)16(13-27-30)22(34)35/h7,9,11-14H,5-6,8,10H2,1-4H3,(H,28,36)(H,34,35)/t14-/m1/s1. The predicted molar refractivity (Wildman–Crippen MR) is 131 cm³/mol. The average molecular weight is 514 g/mol.